The van der Waals surface area contributed by atoms with E-state index in [1.807, 2.05) is 6.07 Å². The summed E-state index contributed by atoms with van der Waals surface area (Å²) >= 11 is 2.12. The van der Waals surface area contributed by atoms with E-state index in [2.05, 4.69) is 32.3 Å². The summed E-state index contributed by atoms with van der Waals surface area (Å²) in [6.07, 6.45) is 2.90. The van der Waals surface area contributed by atoms with Gasteiger partial charge >= 0.3 is 0 Å². The van der Waals surface area contributed by atoms with Crippen molar-refractivity contribution < 1.29 is 8.42 Å². The lowest BCUT2D eigenvalue weighted by Crippen LogP contribution is -2.13. The summed E-state index contributed by atoms with van der Waals surface area (Å²) in [7, 11) is -1.87. The van der Waals surface area contributed by atoms with Gasteiger partial charge in [-0.1, -0.05) is 6.07 Å². The number of hydrogen-bond acceptors (Lipinski definition) is 3. The predicted octanol–water partition coefficient (Wildman–Crippen LogP) is 1.83. The molecule has 0 aliphatic carbocycles. The average Bonchev–Trinajstić information content (AvgIpc) is 2.65. The standard InChI is InChI=1S/C10H10IN3O2S/c1-14-6-10(12-7-14)17(15,16)13-9-4-2-3-8(11)5-9/h2-7,13H,1H3. The number of hydrogen-bond donors (Lipinski definition) is 1. The van der Waals surface area contributed by atoms with Crippen LogP contribution in [-0.2, 0) is 17.1 Å². The third-order valence-corrected chi connectivity index (χ3v) is 3.97. The summed E-state index contributed by atoms with van der Waals surface area (Å²) in [4.78, 5) is 3.82. The number of nitrogens with zero attached hydrogens (tertiary/aromatic N) is 2. The van der Waals surface area contributed by atoms with E-state index in [9.17, 15) is 8.42 Å². The van der Waals surface area contributed by atoms with Crippen molar-refractivity contribution in [1.29, 1.82) is 0 Å². The number of halogens is 1. The maximum atomic E-state index is 11.9. The molecule has 2 rings (SSSR count). The van der Waals surface area contributed by atoms with E-state index >= 15 is 0 Å². The zero-order valence-electron chi connectivity index (χ0n) is 8.96. The van der Waals surface area contributed by atoms with Gasteiger partial charge in [-0.25, -0.2) is 4.98 Å². The van der Waals surface area contributed by atoms with Crippen molar-refractivity contribution >= 4 is 38.3 Å². The number of rotatable bonds is 3. The van der Waals surface area contributed by atoms with Crippen LogP contribution >= 0.6 is 22.6 Å². The number of sulfonamides is 1. The van der Waals surface area contributed by atoms with Gasteiger partial charge in [-0.05, 0) is 40.8 Å². The first-order chi connectivity index (χ1) is 7.97. The van der Waals surface area contributed by atoms with Gasteiger partial charge in [0.1, 0.15) is 0 Å². The van der Waals surface area contributed by atoms with Crippen LogP contribution in [-0.4, -0.2) is 18.0 Å². The van der Waals surface area contributed by atoms with Gasteiger partial charge in [0.15, 0.2) is 5.03 Å². The second-order valence-electron chi connectivity index (χ2n) is 3.49. The Kier molecular flexibility index (Phi) is 3.38. The first-order valence-electron chi connectivity index (χ1n) is 4.74. The lowest BCUT2D eigenvalue weighted by Gasteiger charge is -2.05. The summed E-state index contributed by atoms with van der Waals surface area (Å²) in [5, 5.41) is 0.0128. The van der Waals surface area contributed by atoms with Crippen molar-refractivity contribution in [2.75, 3.05) is 4.72 Å². The van der Waals surface area contributed by atoms with E-state index in [4.69, 9.17) is 0 Å². The van der Waals surface area contributed by atoms with Gasteiger partial charge < -0.3 is 4.57 Å². The molecule has 2 aromatic rings. The smallest absolute Gasteiger partial charge is 0.280 e. The maximum Gasteiger partial charge on any atom is 0.280 e. The monoisotopic (exact) mass is 363 g/mol. The highest BCUT2D eigenvalue weighted by Crippen LogP contribution is 2.16. The van der Waals surface area contributed by atoms with E-state index in [1.165, 1.54) is 12.5 Å². The highest BCUT2D eigenvalue weighted by molar-refractivity contribution is 14.1. The first-order valence-corrected chi connectivity index (χ1v) is 7.30. The van der Waals surface area contributed by atoms with Crippen LogP contribution in [0.5, 0.6) is 0 Å². The van der Waals surface area contributed by atoms with Gasteiger partial charge in [-0.2, -0.15) is 8.42 Å². The molecule has 0 unspecified atom stereocenters. The van der Waals surface area contributed by atoms with Crippen molar-refractivity contribution in [3.05, 3.63) is 40.4 Å². The highest BCUT2D eigenvalue weighted by Gasteiger charge is 2.16. The SMILES string of the molecule is Cn1cnc(S(=O)(=O)Nc2cccc(I)c2)c1. The second kappa shape index (κ2) is 4.65. The Morgan fingerprint density at radius 3 is 2.76 bits per heavy atom. The molecule has 17 heavy (non-hydrogen) atoms. The van der Waals surface area contributed by atoms with Crippen LogP contribution in [0.2, 0.25) is 0 Å². The molecule has 0 amide bonds. The molecule has 0 fully saturated rings. The summed E-state index contributed by atoms with van der Waals surface area (Å²) < 4.78 is 28.9. The van der Waals surface area contributed by atoms with Gasteiger partial charge in [-0.3, -0.25) is 4.72 Å². The Morgan fingerprint density at radius 1 is 1.41 bits per heavy atom. The summed E-state index contributed by atoms with van der Waals surface area (Å²) in [5.74, 6) is 0. The molecule has 1 aromatic carbocycles. The largest absolute Gasteiger partial charge is 0.339 e. The number of aromatic nitrogens is 2. The van der Waals surface area contributed by atoms with Crippen molar-refractivity contribution in [3.8, 4) is 0 Å². The van der Waals surface area contributed by atoms with Crippen LogP contribution in [0.15, 0.2) is 41.8 Å². The number of nitrogens with one attached hydrogen (secondary N) is 1. The molecule has 0 atom stereocenters. The van der Waals surface area contributed by atoms with Crippen LogP contribution in [0.3, 0.4) is 0 Å². The van der Waals surface area contributed by atoms with Gasteiger partial charge in [0.05, 0.1) is 6.33 Å². The van der Waals surface area contributed by atoms with E-state index in [-0.39, 0.29) is 5.03 Å². The van der Waals surface area contributed by atoms with Crippen LogP contribution in [0.4, 0.5) is 5.69 Å². The lowest BCUT2D eigenvalue weighted by atomic mass is 10.3. The molecule has 0 aliphatic rings. The third kappa shape index (κ3) is 2.97. The van der Waals surface area contributed by atoms with Crippen LogP contribution in [0, 0.1) is 3.57 Å². The van der Waals surface area contributed by atoms with E-state index in [0.29, 0.717) is 5.69 Å². The molecule has 5 nitrogen and oxygen atoms in total. The number of benzene rings is 1. The van der Waals surface area contributed by atoms with Crippen LogP contribution in [0.25, 0.3) is 0 Å². The van der Waals surface area contributed by atoms with E-state index in [1.54, 1.807) is 29.8 Å². The molecule has 7 heteroatoms. The molecule has 0 saturated heterocycles. The van der Waals surface area contributed by atoms with Gasteiger partial charge in [0, 0.05) is 22.5 Å². The predicted molar refractivity (Wildman–Crippen MR) is 73.2 cm³/mol. The molecule has 0 spiro atoms. The van der Waals surface area contributed by atoms with Crippen molar-refractivity contribution in [2.24, 2.45) is 7.05 Å². The number of aryl methyl sites for hydroxylation is 1. The van der Waals surface area contributed by atoms with Gasteiger partial charge in [-0.15, -0.1) is 0 Å². The van der Waals surface area contributed by atoms with Gasteiger partial charge in [0.2, 0.25) is 0 Å². The molecule has 0 radical (unpaired) electrons. The average molecular weight is 363 g/mol. The molecule has 0 saturated carbocycles. The molecule has 1 N–H and O–H groups in total. The Morgan fingerprint density at radius 2 is 2.18 bits per heavy atom. The summed E-state index contributed by atoms with van der Waals surface area (Å²) in [6.45, 7) is 0. The zero-order valence-corrected chi connectivity index (χ0v) is 11.9. The van der Waals surface area contributed by atoms with Crippen molar-refractivity contribution in [3.63, 3.8) is 0 Å². The fourth-order valence-electron chi connectivity index (χ4n) is 1.29. The Bertz CT molecular complexity index is 637. The molecular formula is C10H10IN3O2S. The minimum absolute atomic E-state index is 0.0128. The first kappa shape index (κ1) is 12.4. The number of anilines is 1. The molecular weight excluding hydrogens is 353 g/mol. The topological polar surface area (TPSA) is 64.0 Å². The van der Waals surface area contributed by atoms with E-state index in [0.717, 1.165) is 3.57 Å². The number of imidazole rings is 1. The highest BCUT2D eigenvalue weighted by atomic mass is 127. The summed E-state index contributed by atoms with van der Waals surface area (Å²) in [5.41, 5.74) is 0.530. The molecule has 90 valence electrons. The fourth-order valence-corrected chi connectivity index (χ4v) is 2.86. The van der Waals surface area contributed by atoms with Gasteiger partial charge in [0.25, 0.3) is 10.0 Å². The van der Waals surface area contributed by atoms with Crippen molar-refractivity contribution in [1.82, 2.24) is 9.55 Å². The van der Waals surface area contributed by atoms with E-state index < -0.39 is 10.0 Å². The lowest BCUT2D eigenvalue weighted by molar-refractivity contribution is 0.598. The molecule has 1 aromatic heterocycles. The summed E-state index contributed by atoms with van der Waals surface area (Å²) in [6, 6.07) is 7.13. The normalized spacial score (nSPS) is 11.4. The Hall–Kier alpha value is -1.09. The van der Waals surface area contributed by atoms with Crippen LogP contribution in [0.1, 0.15) is 0 Å². The van der Waals surface area contributed by atoms with Crippen LogP contribution < -0.4 is 4.72 Å². The Labute approximate surface area is 113 Å². The minimum Gasteiger partial charge on any atom is -0.339 e. The molecule has 0 aliphatic heterocycles. The minimum atomic E-state index is -3.59. The Balaban J connectivity index is 2.29. The fraction of sp³-hybridized carbons (Fsp3) is 0.100. The zero-order chi connectivity index (χ0) is 12.5. The maximum absolute atomic E-state index is 11.9. The third-order valence-electron chi connectivity index (χ3n) is 2.03. The second-order valence-corrected chi connectivity index (χ2v) is 6.37. The quantitative estimate of drug-likeness (QED) is 0.847. The van der Waals surface area contributed by atoms with Crippen molar-refractivity contribution in [2.45, 2.75) is 5.03 Å². The molecule has 0 bridgehead atoms. The molecule has 1 heterocycles.